The lowest BCUT2D eigenvalue weighted by Crippen LogP contribution is -2.20. The highest BCUT2D eigenvalue weighted by atomic mass is 35.5. The molecule has 35 heavy (non-hydrogen) atoms. The van der Waals surface area contributed by atoms with Crippen molar-refractivity contribution in [3.05, 3.63) is 71.1 Å². The van der Waals surface area contributed by atoms with Gasteiger partial charge < -0.3 is 19.4 Å². The normalized spacial score (nSPS) is 11.1. The molecular weight excluding hydrogens is 489 g/mol. The van der Waals surface area contributed by atoms with Crippen molar-refractivity contribution in [2.24, 2.45) is 7.05 Å². The molecule has 0 bridgehead atoms. The highest BCUT2D eigenvalue weighted by molar-refractivity contribution is 6.41. The van der Waals surface area contributed by atoms with Gasteiger partial charge in [-0.1, -0.05) is 23.2 Å². The number of ether oxygens (including phenoxy) is 2. The second kappa shape index (κ2) is 9.44. The standard InChI is InChI=1S/C24H21Cl2N7O2/c1-32-12-15(11-30-32)14-8-17-16(29-10-14)4-5-21(31-17)33(13-20-27-6-7-28-20)24-22(25)18(34-2)9-19(35-3)23(24)26/h4-12H,13H2,1-3H3,(H,27,28). The van der Waals surface area contributed by atoms with E-state index in [-0.39, 0.29) is 0 Å². The SMILES string of the molecule is COc1cc(OC)c(Cl)c(N(Cc2ncc[nH]2)c2ccc3ncc(-c4cnn(C)c4)cc3n2)c1Cl. The summed E-state index contributed by atoms with van der Waals surface area (Å²) in [5, 5.41) is 4.90. The van der Waals surface area contributed by atoms with Gasteiger partial charge in [-0.25, -0.2) is 9.97 Å². The van der Waals surface area contributed by atoms with Crippen LogP contribution in [0.2, 0.25) is 10.0 Å². The minimum atomic E-state index is 0.316. The molecule has 4 heterocycles. The predicted octanol–water partition coefficient (Wildman–Crippen LogP) is 5.42. The molecule has 178 valence electrons. The first-order chi connectivity index (χ1) is 17.0. The minimum Gasteiger partial charge on any atom is -0.495 e. The molecule has 9 nitrogen and oxygen atoms in total. The van der Waals surface area contributed by atoms with Gasteiger partial charge in [-0.05, 0) is 18.2 Å². The van der Waals surface area contributed by atoms with Gasteiger partial charge >= 0.3 is 0 Å². The van der Waals surface area contributed by atoms with Gasteiger partial charge in [-0.3, -0.25) is 9.67 Å². The number of aryl methyl sites for hydroxylation is 1. The molecule has 0 aliphatic rings. The highest BCUT2D eigenvalue weighted by Gasteiger charge is 2.25. The molecule has 1 N–H and O–H groups in total. The molecule has 5 aromatic rings. The van der Waals surface area contributed by atoms with Crippen LogP contribution in [-0.4, -0.2) is 43.9 Å². The molecule has 0 atom stereocenters. The van der Waals surface area contributed by atoms with E-state index in [2.05, 4.69) is 20.1 Å². The van der Waals surface area contributed by atoms with Crippen LogP contribution in [-0.2, 0) is 13.6 Å². The summed E-state index contributed by atoms with van der Waals surface area (Å²) in [6.45, 7) is 0.316. The van der Waals surface area contributed by atoms with Crippen LogP contribution in [0.1, 0.15) is 5.82 Å². The van der Waals surface area contributed by atoms with E-state index < -0.39 is 0 Å². The van der Waals surface area contributed by atoms with Crippen molar-refractivity contribution in [2.45, 2.75) is 6.54 Å². The van der Waals surface area contributed by atoms with Gasteiger partial charge in [0.15, 0.2) is 0 Å². The number of aromatic nitrogens is 6. The van der Waals surface area contributed by atoms with Crippen molar-refractivity contribution in [3.63, 3.8) is 0 Å². The molecule has 0 aliphatic heterocycles. The summed E-state index contributed by atoms with van der Waals surface area (Å²) in [5.74, 6) is 2.14. The van der Waals surface area contributed by atoms with Crippen LogP contribution < -0.4 is 14.4 Å². The Morgan fingerprint density at radius 3 is 2.37 bits per heavy atom. The maximum atomic E-state index is 6.77. The van der Waals surface area contributed by atoms with Crippen LogP contribution >= 0.6 is 23.2 Å². The maximum Gasteiger partial charge on any atom is 0.143 e. The van der Waals surface area contributed by atoms with E-state index in [0.717, 1.165) is 16.6 Å². The van der Waals surface area contributed by atoms with E-state index in [1.165, 1.54) is 14.2 Å². The third kappa shape index (κ3) is 4.36. The smallest absolute Gasteiger partial charge is 0.143 e. The molecule has 0 saturated heterocycles. The summed E-state index contributed by atoms with van der Waals surface area (Å²) in [4.78, 5) is 18.9. The lowest BCUT2D eigenvalue weighted by atomic mass is 10.1. The van der Waals surface area contributed by atoms with Gasteiger partial charge in [0, 0.05) is 49.0 Å². The summed E-state index contributed by atoms with van der Waals surface area (Å²) in [6, 6.07) is 7.39. The van der Waals surface area contributed by atoms with E-state index in [1.54, 1.807) is 29.3 Å². The number of rotatable bonds is 7. The van der Waals surface area contributed by atoms with Gasteiger partial charge in [0.25, 0.3) is 0 Å². The van der Waals surface area contributed by atoms with E-state index in [0.29, 0.717) is 50.9 Å². The Kier molecular flexibility index (Phi) is 6.19. The molecule has 0 spiro atoms. The third-order valence-corrected chi connectivity index (χ3v) is 6.25. The minimum absolute atomic E-state index is 0.316. The first kappa shape index (κ1) is 22.9. The van der Waals surface area contributed by atoms with Crippen molar-refractivity contribution in [3.8, 4) is 22.6 Å². The number of methoxy groups -OCH3 is 2. The van der Waals surface area contributed by atoms with Crippen molar-refractivity contribution in [1.82, 2.24) is 29.7 Å². The second-order valence-electron chi connectivity index (χ2n) is 7.71. The fourth-order valence-corrected chi connectivity index (χ4v) is 4.50. The average Bonchev–Trinajstić information content (AvgIpc) is 3.55. The predicted molar refractivity (Wildman–Crippen MR) is 136 cm³/mol. The number of aromatic amines is 1. The number of anilines is 2. The molecule has 0 fully saturated rings. The average molecular weight is 510 g/mol. The van der Waals surface area contributed by atoms with Crippen LogP contribution in [0.15, 0.2) is 55.2 Å². The van der Waals surface area contributed by atoms with Crippen LogP contribution in [0.5, 0.6) is 11.5 Å². The summed E-state index contributed by atoms with van der Waals surface area (Å²) in [6.07, 6.45) is 8.96. The molecule has 4 aromatic heterocycles. The molecule has 1 aromatic carbocycles. The van der Waals surface area contributed by atoms with E-state index in [9.17, 15) is 0 Å². The number of fused-ring (bicyclic) bond motifs is 1. The zero-order valence-electron chi connectivity index (χ0n) is 19.2. The molecule has 0 unspecified atom stereocenters. The number of nitrogens with zero attached hydrogens (tertiary/aromatic N) is 6. The number of pyridine rings is 2. The molecule has 0 aliphatic carbocycles. The second-order valence-corrected chi connectivity index (χ2v) is 8.47. The van der Waals surface area contributed by atoms with Crippen LogP contribution in [0.4, 0.5) is 11.5 Å². The summed E-state index contributed by atoms with van der Waals surface area (Å²) in [7, 11) is 4.95. The molecule has 0 radical (unpaired) electrons. The summed E-state index contributed by atoms with van der Waals surface area (Å²) >= 11 is 13.5. The fourth-order valence-electron chi connectivity index (χ4n) is 3.79. The monoisotopic (exact) mass is 509 g/mol. The van der Waals surface area contributed by atoms with E-state index in [1.807, 2.05) is 42.5 Å². The number of hydrogen-bond acceptors (Lipinski definition) is 7. The van der Waals surface area contributed by atoms with Crippen LogP contribution in [0, 0.1) is 0 Å². The quantitative estimate of drug-likeness (QED) is 0.313. The number of H-pyrrole nitrogens is 1. The van der Waals surface area contributed by atoms with E-state index in [4.69, 9.17) is 37.7 Å². The molecular formula is C24H21Cl2N7O2. The summed E-state index contributed by atoms with van der Waals surface area (Å²) in [5.41, 5.74) is 3.80. The lowest BCUT2D eigenvalue weighted by molar-refractivity contribution is 0.394. The lowest BCUT2D eigenvalue weighted by Gasteiger charge is -2.27. The Bertz CT molecular complexity index is 1470. The zero-order chi connectivity index (χ0) is 24.5. The first-order valence-electron chi connectivity index (χ1n) is 10.6. The van der Waals surface area contributed by atoms with Gasteiger partial charge in [0.1, 0.15) is 33.2 Å². The Balaban J connectivity index is 1.68. The Morgan fingerprint density at radius 2 is 1.74 bits per heavy atom. The van der Waals surface area contributed by atoms with Gasteiger partial charge in [-0.2, -0.15) is 5.10 Å². The Hall–Kier alpha value is -3.82. The van der Waals surface area contributed by atoms with E-state index >= 15 is 0 Å². The number of hydrogen-bond donors (Lipinski definition) is 1. The topological polar surface area (TPSA) is 94.0 Å². The molecule has 5 rings (SSSR count). The highest BCUT2D eigenvalue weighted by Crippen LogP contribution is 2.48. The van der Waals surface area contributed by atoms with Crippen molar-refractivity contribution in [1.29, 1.82) is 0 Å². The van der Waals surface area contributed by atoms with Crippen LogP contribution in [0.3, 0.4) is 0 Å². The first-order valence-corrected chi connectivity index (χ1v) is 11.4. The van der Waals surface area contributed by atoms with Gasteiger partial charge in [0.2, 0.25) is 0 Å². The van der Waals surface area contributed by atoms with Gasteiger partial charge in [-0.15, -0.1) is 0 Å². The number of nitrogens with one attached hydrogen (secondary N) is 1. The number of imidazole rings is 1. The largest absolute Gasteiger partial charge is 0.495 e. The Morgan fingerprint density at radius 1 is 0.971 bits per heavy atom. The van der Waals surface area contributed by atoms with Crippen LogP contribution in [0.25, 0.3) is 22.2 Å². The molecule has 0 saturated carbocycles. The number of halogens is 2. The summed E-state index contributed by atoms with van der Waals surface area (Å²) < 4.78 is 12.7. The zero-order valence-corrected chi connectivity index (χ0v) is 20.7. The maximum absolute atomic E-state index is 6.77. The molecule has 0 amide bonds. The van der Waals surface area contributed by atoms with Crippen molar-refractivity contribution in [2.75, 3.05) is 19.1 Å². The van der Waals surface area contributed by atoms with Crippen molar-refractivity contribution >= 4 is 45.7 Å². The molecule has 11 heteroatoms. The Labute approximate surface area is 211 Å². The third-order valence-electron chi connectivity index (χ3n) is 5.52. The fraction of sp³-hybridized carbons (Fsp3) is 0.167. The number of benzene rings is 1. The van der Waals surface area contributed by atoms with Crippen molar-refractivity contribution < 1.29 is 9.47 Å². The van der Waals surface area contributed by atoms with Gasteiger partial charge in [0.05, 0.1) is 43.7 Å².